The molecule has 1 fully saturated rings. The Balaban J connectivity index is 2.07. The maximum absolute atomic E-state index is 10.3. The summed E-state index contributed by atoms with van der Waals surface area (Å²) >= 11 is 2.07. The molecule has 1 aliphatic heterocycles. The fourth-order valence-corrected chi connectivity index (χ4v) is 3.95. The van der Waals surface area contributed by atoms with Crippen molar-refractivity contribution in [3.05, 3.63) is 23.8 Å². The van der Waals surface area contributed by atoms with Crippen molar-refractivity contribution < 1.29 is 5.11 Å². The highest BCUT2D eigenvalue weighted by atomic mass is 32.2. The summed E-state index contributed by atoms with van der Waals surface area (Å²) in [6.07, 6.45) is 2.32. The fraction of sp³-hybridized carbons (Fsp3) is 0.647. The van der Waals surface area contributed by atoms with Gasteiger partial charge in [-0.15, -0.1) is 0 Å². The molecule has 1 saturated heterocycles. The third-order valence-electron chi connectivity index (χ3n) is 4.14. The van der Waals surface area contributed by atoms with E-state index in [1.807, 2.05) is 6.07 Å². The van der Waals surface area contributed by atoms with Crippen molar-refractivity contribution in [2.24, 2.45) is 0 Å². The Kier molecular flexibility index (Phi) is 6.24. The summed E-state index contributed by atoms with van der Waals surface area (Å²) in [6.45, 7) is 9.65. The lowest BCUT2D eigenvalue weighted by Gasteiger charge is -2.34. The predicted octanol–water partition coefficient (Wildman–Crippen LogP) is 3.78. The van der Waals surface area contributed by atoms with Gasteiger partial charge in [-0.25, -0.2) is 0 Å². The number of phenolic OH excluding ortho intramolecular Hbond substituents is 1. The van der Waals surface area contributed by atoms with Crippen LogP contribution >= 0.6 is 11.8 Å². The number of hydrogen-bond acceptors (Lipinski definition) is 4. The zero-order chi connectivity index (χ0) is 15.2. The number of anilines is 1. The first kappa shape index (κ1) is 16.5. The molecule has 0 spiro atoms. The zero-order valence-corrected chi connectivity index (χ0v) is 14.2. The summed E-state index contributed by atoms with van der Waals surface area (Å²) in [5.74, 6) is 1.59. The highest BCUT2D eigenvalue weighted by molar-refractivity contribution is 8.00. The van der Waals surface area contributed by atoms with Crippen LogP contribution in [0.5, 0.6) is 5.75 Å². The van der Waals surface area contributed by atoms with Crippen LogP contribution < -0.4 is 10.2 Å². The van der Waals surface area contributed by atoms with Gasteiger partial charge < -0.3 is 15.3 Å². The van der Waals surface area contributed by atoms with Crippen molar-refractivity contribution >= 4 is 17.4 Å². The third kappa shape index (κ3) is 4.30. The van der Waals surface area contributed by atoms with Gasteiger partial charge in [-0.3, -0.25) is 0 Å². The van der Waals surface area contributed by atoms with Crippen molar-refractivity contribution in [2.45, 2.75) is 44.9 Å². The Labute approximate surface area is 133 Å². The Morgan fingerprint density at radius 3 is 2.90 bits per heavy atom. The van der Waals surface area contributed by atoms with Gasteiger partial charge in [0.15, 0.2) is 0 Å². The molecule has 0 bridgehead atoms. The molecule has 1 heterocycles. The van der Waals surface area contributed by atoms with Crippen LogP contribution in [-0.4, -0.2) is 35.7 Å². The van der Waals surface area contributed by atoms with Crippen LogP contribution in [0, 0.1) is 0 Å². The molecule has 118 valence electrons. The van der Waals surface area contributed by atoms with Crippen LogP contribution in [0.25, 0.3) is 0 Å². The largest absolute Gasteiger partial charge is 0.508 e. The summed E-state index contributed by atoms with van der Waals surface area (Å²) in [6, 6.07) is 6.35. The number of phenols is 1. The molecule has 0 aromatic heterocycles. The van der Waals surface area contributed by atoms with E-state index in [1.165, 1.54) is 12.2 Å². The molecule has 0 aliphatic carbocycles. The predicted molar refractivity (Wildman–Crippen MR) is 93.6 cm³/mol. The molecular formula is C17H28N2OS. The first-order valence-corrected chi connectivity index (χ1v) is 9.13. The van der Waals surface area contributed by atoms with E-state index in [9.17, 15) is 5.11 Å². The van der Waals surface area contributed by atoms with Crippen LogP contribution in [0.4, 0.5) is 5.69 Å². The molecule has 2 rings (SSSR count). The van der Waals surface area contributed by atoms with Gasteiger partial charge in [-0.2, -0.15) is 11.8 Å². The van der Waals surface area contributed by atoms with Gasteiger partial charge in [0.05, 0.1) is 0 Å². The maximum atomic E-state index is 10.3. The third-order valence-corrected chi connectivity index (χ3v) is 5.51. The van der Waals surface area contributed by atoms with Crippen molar-refractivity contribution in [3.63, 3.8) is 0 Å². The van der Waals surface area contributed by atoms with E-state index in [4.69, 9.17) is 0 Å². The summed E-state index contributed by atoms with van der Waals surface area (Å²) < 4.78 is 0. The first-order chi connectivity index (χ1) is 10.2. The molecule has 2 N–H and O–H groups in total. The number of rotatable bonds is 6. The maximum Gasteiger partial charge on any atom is 0.122 e. The smallest absolute Gasteiger partial charge is 0.122 e. The average Bonchev–Trinajstić information content (AvgIpc) is 2.52. The van der Waals surface area contributed by atoms with E-state index >= 15 is 0 Å². The summed E-state index contributed by atoms with van der Waals surface area (Å²) in [5.41, 5.74) is 2.14. The highest BCUT2D eigenvalue weighted by Gasteiger charge is 2.20. The normalized spacial score (nSPS) is 20.5. The summed E-state index contributed by atoms with van der Waals surface area (Å²) in [5, 5.41) is 14.5. The Bertz CT molecular complexity index is 452. The minimum Gasteiger partial charge on any atom is -0.508 e. The second kappa shape index (κ2) is 7.95. The van der Waals surface area contributed by atoms with E-state index in [2.05, 4.69) is 54.9 Å². The molecule has 2 atom stereocenters. The highest BCUT2D eigenvalue weighted by Crippen LogP contribution is 2.31. The lowest BCUT2D eigenvalue weighted by Crippen LogP contribution is -2.37. The standard InChI is InChI=1S/C17H28N2OS/c1-4-8-18-13(3)16-7-6-14(11-17(16)20)19-9-10-21-15(5-2)12-19/h6-7,11,13,15,18,20H,4-5,8-10,12H2,1-3H3. The lowest BCUT2D eigenvalue weighted by molar-refractivity contribution is 0.452. The van der Waals surface area contributed by atoms with Gasteiger partial charge in [-0.1, -0.05) is 19.9 Å². The molecule has 21 heavy (non-hydrogen) atoms. The lowest BCUT2D eigenvalue weighted by atomic mass is 10.1. The van der Waals surface area contributed by atoms with Crippen molar-refractivity contribution in [2.75, 3.05) is 30.3 Å². The Hall–Kier alpha value is -0.870. The Morgan fingerprint density at radius 1 is 1.43 bits per heavy atom. The molecule has 0 saturated carbocycles. The SMILES string of the molecule is CCCNC(C)c1ccc(N2CCSC(CC)C2)cc1O. The van der Waals surface area contributed by atoms with Crippen LogP contribution in [0.15, 0.2) is 18.2 Å². The van der Waals surface area contributed by atoms with E-state index in [0.717, 1.165) is 37.3 Å². The van der Waals surface area contributed by atoms with Gasteiger partial charge in [0.1, 0.15) is 5.75 Å². The van der Waals surface area contributed by atoms with E-state index in [0.29, 0.717) is 11.0 Å². The number of aromatic hydroxyl groups is 1. The minimum atomic E-state index is 0.194. The molecule has 1 aliphatic rings. The van der Waals surface area contributed by atoms with E-state index in [-0.39, 0.29) is 6.04 Å². The summed E-state index contributed by atoms with van der Waals surface area (Å²) in [4.78, 5) is 2.40. The molecule has 1 aromatic carbocycles. The van der Waals surface area contributed by atoms with Crippen molar-refractivity contribution in [3.8, 4) is 5.75 Å². The van der Waals surface area contributed by atoms with Crippen LogP contribution in [0.2, 0.25) is 0 Å². The van der Waals surface area contributed by atoms with Gasteiger partial charge in [0, 0.05) is 47.5 Å². The molecule has 3 nitrogen and oxygen atoms in total. The quantitative estimate of drug-likeness (QED) is 0.838. The second-order valence-corrected chi connectivity index (χ2v) is 7.17. The minimum absolute atomic E-state index is 0.194. The number of benzene rings is 1. The van der Waals surface area contributed by atoms with Crippen LogP contribution in [0.3, 0.4) is 0 Å². The van der Waals surface area contributed by atoms with Gasteiger partial charge in [0.25, 0.3) is 0 Å². The molecule has 1 aromatic rings. The number of nitrogens with zero attached hydrogens (tertiary/aromatic N) is 1. The number of thioether (sulfide) groups is 1. The van der Waals surface area contributed by atoms with E-state index in [1.54, 1.807) is 0 Å². The van der Waals surface area contributed by atoms with Crippen molar-refractivity contribution in [1.82, 2.24) is 5.32 Å². The topological polar surface area (TPSA) is 35.5 Å². The average molecular weight is 308 g/mol. The number of hydrogen-bond donors (Lipinski definition) is 2. The molecule has 0 radical (unpaired) electrons. The molecular weight excluding hydrogens is 280 g/mol. The van der Waals surface area contributed by atoms with Crippen LogP contribution in [-0.2, 0) is 0 Å². The second-order valence-electron chi connectivity index (χ2n) is 5.77. The van der Waals surface area contributed by atoms with Gasteiger partial charge >= 0.3 is 0 Å². The van der Waals surface area contributed by atoms with Crippen LogP contribution in [0.1, 0.15) is 45.2 Å². The van der Waals surface area contributed by atoms with E-state index < -0.39 is 0 Å². The summed E-state index contributed by atoms with van der Waals surface area (Å²) in [7, 11) is 0. The monoisotopic (exact) mass is 308 g/mol. The van der Waals surface area contributed by atoms with Gasteiger partial charge in [-0.05, 0) is 32.4 Å². The molecule has 2 unspecified atom stereocenters. The van der Waals surface area contributed by atoms with Gasteiger partial charge in [0.2, 0.25) is 0 Å². The zero-order valence-electron chi connectivity index (χ0n) is 13.4. The first-order valence-electron chi connectivity index (χ1n) is 8.08. The molecule has 0 amide bonds. The number of nitrogens with one attached hydrogen (secondary N) is 1. The fourth-order valence-electron chi connectivity index (χ4n) is 2.77. The molecule has 4 heteroatoms. The Morgan fingerprint density at radius 2 is 2.24 bits per heavy atom. The van der Waals surface area contributed by atoms with Crippen molar-refractivity contribution in [1.29, 1.82) is 0 Å².